The molecule has 5 heteroatoms. The highest BCUT2D eigenvalue weighted by atomic mass is 16.5. The van der Waals surface area contributed by atoms with Gasteiger partial charge in [0, 0.05) is 6.54 Å². The second-order valence-corrected chi connectivity index (χ2v) is 3.64. The zero-order valence-electron chi connectivity index (χ0n) is 10.2. The maximum Gasteiger partial charge on any atom is 0.196 e. The smallest absolute Gasteiger partial charge is 0.196 e. The summed E-state index contributed by atoms with van der Waals surface area (Å²) in [6.45, 7) is 1.72. The molecule has 0 spiro atoms. The van der Waals surface area contributed by atoms with Crippen LogP contribution in [-0.2, 0) is 0 Å². The molecular formula is C12H17NO4. The maximum absolute atomic E-state index is 11.9. The van der Waals surface area contributed by atoms with Crippen LogP contribution in [0, 0.1) is 6.92 Å². The molecule has 3 N–H and O–H groups in total. The van der Waals surface area contributed by atoms with E-state index < -0.39 is 11.9 Å². The van der Waals surface area contributed by atoms with Gasteiger partial charge in [0.05, 0.1) is 19.8 Å². The Morgan fingerprint density at radius 3 is 2.41 bits per heavy atom. The van der Waals surface area contributed by atoms with Crippen molar-refractivity contribution in [2.75, 3.05) is 20.8 Å². The van der Waals surface area contributed by atoms with E-state index in [-0.39, 0.29) is 12.1 Å². The van der Waals surface area contributed by atoms with Crippen molar-refractivity contribution >= 4 is 5.78 Å². The van der Waals surface area contributed by atoms with Crippen LogP contribution >= 0.6 is 0 Å². The third kappa shape index (κ3) is 2.75. The molecule has 0 fully saturated rings. The number of hydrogen-bond acceptors (Lipinski definition) is 5. The topological polar surface area (TPSA) is 81.8 Å². The Labute approximate surface area is 100 Å². The number of carbonyl (C=O) groups is 1. The summed E-state index contributed by atoms with van der Waals surface area (Å²) < 4.78 is 10.2. The van der Waals surface area contributed by atoms with E-state index in [1.165, 1.54) is 14.2 Å². The fourth-order valence-corrected chi connectivity index (χ4v) is 1.53. The second-order valence-electron chi connectivity index (χ2n) is 3.64. The predicted molar refractivity (Wildman–Crippen MR) is 63.7 cm³/mol. The Bertz CT molecular complexity index is 417. The minimum atomic E-state index is -1.23. The zero-order valence-corrected chi connectivity index (χ0v) is 10.2. The van der Waals surface area contributed by atoms with Gasteiger partial charge in [0.2, 0.25) is 0 Å². The Kier molecular flexibility index (Phi) is 4.48. The molecule has 0 saturated heterocycles. The van der Waals surface area contributed by atoms with Crippen molar-refractivity contribution in [3.05, 3.63) is 23.3 Å². The highest BCUT2D eigenvalue weighted by Gasteiger charge is 2.21. The molecule has 0 radical (unpaired) electrons. The third-order valence-corrected chi connectivity index (χ3v) is 2.51. The van der Waals surface area contributed by atoms with Crippen molar-refractivity contribution in [3.8, 4) is 11.5 Å². The number of benzene rings is 1. The fraction of sp³-hybridized carbons (Fsp3) is 0.417. The van der Waals surface area contributed by atoms with Crippen molar-refractivity contribution in [2.45, 2.75) is 13.0 Å². The quantitative estimate of drug-likeness (QED) is 0.732. The molecule has 0 bridgehead atoms. The fourth-order valence-electron chi connectivity index (χ4n) is 1.53. The average Bonchev–Trinajstić information content (AvgIpc) is 2.36. The normalized spacial score (nSPS) is 12.1. The molecule has 17 heavy (non-hydrogen) atoms. The number of aryl methyl sites for hydroxylation is 1. The summed E-state index contributed by atoms with van der Waals surface area (Å²) in [5, 5.41) is 9.46. The largest absolute Gasteiger partial charge is 0.496 e. The Balaban J connectivity index is 3.25. The summed E-state index contributed by atoms with van der Waals surface area (Å²) in [6.07, 6.45) is -1.23. The van der Waals surface area contributed by atoms with Crippen LogP contribution in [0.2, 0.25) is 0 Å². The van der Waals surface area contributed by atoms with Gasteiger partial charge >= 0.3 is 0 Å². The molecule has 5 nitrogen and oxygen atoms in total. The van der Waals surface area contributed by atoms with Gasteiger partial charge in [-0.2, -0.15) is 0 Å². The van der Waals surface area contributed by atoms with E-state index in [9.17, 15) is 9.90 Å². The van der Waals surface area contributed by atoms with E-state index in [1.807, 2.05) is 6.92 Å². The van der Waals surface area contributed by atoms with Gasteiger partial charge in [0.15, 0.2) is 5.78 Å². The lowest BCUT2D eigenvalue weighted by atomic mass is 10.0. The first kappa shape index (κ1) is 13.5. The number of hydrogen-bond donors (Lipinski definition) is 2. The van der Waals surface area contributed by atoms with Crippen molar-refractivity contribution in [1.29, 1.82) is 0 Å². The van der Waals surface area contributed by atoms with Crippen LogP contribution in [0.25, 0.3) is 0 Å². The van der Waals surface area contributed by atoms with Crippen LogP contribution in [0.3, 0.4) is 0 Å². The molecule has 0 aliphatic carbocycles. The number of ketones is 1. The van der Waals surface area contributed by atoms with Crippen LogP contribution in [0.4, 0.5) is 0 Å². The molecule has 0 aromatic heterocycles. The van der Waals surface area contributed by atoms with Gasteiger partial charge in [-0.15, -0.1) is 0 Å². The van der Waals surface area contributed by atoms with E-state index in [4.69, 9.17) is 15.2 Å². The van der Waals surface area contributed by atoms with E-state index in [0.29, 0.717) is 11.5 Å². The summed E-state index contributed by atoms with van der Waals surface area (Å²) >= 11 is 0. The molecule has 0 heterocycles. The highest BCUT2D eigenvalue weighted by Crippen LogP contribution is 2.29. The van der Waals surface area contributed by atoms with E-state index in [1.54, 1.807) is 12.1 Å². The molecule has 0 aliphatic heterocycles. The second kappa shape index (κ2) is 5.65. The van der Waals surface area contributed by atoms with E-state index in [0.717, 1.165) is 5.56 Å². The van der Waals surface area contributed by atoms with E-state index in [2.05, 4.69) is 0 Å². The molecule has 0 amide bonds. The number of Topliss-reactive ketones (excluding diaryl/α,β-unsaturated/α-hetero) is 1. The van der Waals surface area contributed by atoms with Gasteiger partial charge in [0.1, 0.15) is 17.6 Å². The van der Waals surface area contributed by atoms with Gasteiger partial charge in [-0.3, -0.25) is 4.79 Å². The van der Waals surface area contributed by atoms with Gasteiger partial charge in [-0.05, 0) is 24.6 Å². The van der Waals surface area contributed by atoms with Crippen LogP contribution < -0.4 is 15.2 Å². The number of methoxy groups -OCH3 is 2. The highest BCUT2D eigenvalue weighted by molar-refractivity contribution is 6.02. The summed E-state index contributed by atoms with van der Waals surface area (Å²) in [7, 11) is 2.98. The number of aliphatic hydroxyl groups excluding tert-OH is 1. The first-order valence-electron chi connectivity index (χ1n) is 5.20. The Hall–Kier alpha value is -1.59. The number of aliphatic hydroxyl groups is 1. The first-order valence-corrected chi connectivity index (χ1v) is 5.20. The Morgan fingerprint density at radius 2 is 1.94 bits per heavy atom. The minimum Gasteiger partial charge on any atom is -0.496 e. The number of nitrogens with two attached hydrogens (primary N) is 1. The van der Waals surface area contributed by atoms with Crippen LogP contribution in [0.15, 0.2) is 12.1 Å². The van der Waals surface area contributed by atoms with Crippen molar-refractivity contribution in [2.24, 2.45) is 5.73 Å². The lowest BCUT2D eigenvalue weighted by Crippen LogP contribution is -2.29. The van der Waals surface area contributed by atoms with Crippen LogP contribution in [0.5, 0.6) is 11.5 Å². The predicted octanol–water partition coefficient (Wildman–Crippen LogP) is 0.515. The van der Waals surface area contributed by atoms with Gasteiger partial charge in [0.25, 0.3) is 0 Å². The molecule has 1 aromatic rings. The standard InChI is InChI=1S/C12H17NO4/c1-7-4-11(17-3)8(5-10(7)16-2)12(15)9(14)6-13/h4-5,9,14H,6,13H2,1-3H3. The monoisotopic (exact) mass is 239 g/mol. The lowest BCUT2D eigenvalue weighted by molar-refractivity contribution is 0.0759. The maximum atomic E-state index is 11.9. The number of ether oxygens (including phenoxy) is 2. The first-order chi connectivity index (χ1) is 8.04. The van der Waals surface area contributed by atoms with Crippen LogP contribution in [0.1, 0.15) is 15.9 Å². The average molecular weight is 239 g/mol. The Morgan fingerprint density at radius 1 is 1.35 bits per heavy atom. The molecule has 0 saturated carbocycles. The van der Waals surface area contributed by atoms with Crippen molar-refractivity contribution in [1.82, 2.24) is 0 Å². The van der Waals surface area contributed by atoms with Gasteiger partial charge in [-0.1, -0.05) is 0 Å². The van der Waals surface area contributed by atoms with Crippen molar-refractivity contribution in [3.63, 3.8) is 0 Å². The third-order valence-electron chi connectivity index (χ3n) is 2.51. The molecule has 1 rings (SSSR count). The van der Waals surface area contributed by atoms with Crippen LogP contribution in [-0.4, -0.2) is 37.8 Å². The molecule has 1 unspecified atom stereocenters. The molecule has 0 aliphatic rings. The number of rotatable bonds is 5. The summed E-state index contributed by atoms with van der Waals surface area (Å²) in [5.74, 6) is 0.502. The van der Waals surface area contributed by atoms with E-state index >= 15 is 0 Å². The van der Waals surface area contributed by atoms with Gasteiger partial charge < -0.3 is 20.3 Å². The summed E-state index contributed by atoms with van der Waals surface area (Å²) in [5.41, 5.74) is 6.38. The van der Waals surface area contributed by atoms with Crippen molar-refractivity contribution < 1.29 is 19.4 Å². The molecule has 94 valence electrons. The SMILES string of the molecule is COc1cc(C(=O)C(O)CN)c(OC)cc1C. The minimum absolute atomic E-state index is 0.127. The summed E-state index contributed by atoms with van der Waals surface area (Å²) in [4.78, 5) is 11.9. The number of carbonyl (C=O) groups excluding carboxylic acids is 1. The van der Waals surface area contributed by atoms with Gasteiger partial charge in [-0.25, -0.2) is 0 Å². The zero-order chi connectivity index (χ0) is 13.0. The molecule has 1 aromatic carbocycles. The summed E-state index contributed by atoms with van der Waals surface area (Å²) in [6, 6.07) is 3.24. The molecular weight excluding hydrogens is 222 g/mol. The molecule has 1 atom stereocenters. The lowest BCUT2D eigenvalue weighted by Gasteiger charge is -2.14.